The highest BCUT2D eigenvalue weighted by molar-refractivity contribution is 6.51. The Kier molecular flexibility index (Phi) is 9.11. The molecular weight excluding hydrogens is 737 g/mol. The first-order valence-electron chi connectivity index (χ1n) is 19.1. The van der Waals surface area contributed by atoms with Crippen molar-refractivity contribution in [2.75, 3.05) is 28.4 Å². The average Bonchev–Trinajstić information content (AvgIpc) is 3.98. The van der Waals surface area contributed by atoms with Gasteiger partial charge in [-0.1, -0.05) is 36.4 Å². The third kappa shape index (κ3) is 5.82. The number of carbonyl (C=O) groups is 4. The molecule has 12 nitrogen and oxygen atoms in total. The van der Waals surface area contributed by atoms with E-state index in [2.05, 4.69) is 31.9 Å². The molecule has 0 saturated heterocycles. The third-order valence-electron chi connectivity index (χ3n) is 11.4. The van der Waals surface area contributed by atoms with Crippen molar-refractivity contribution in [3.05, 3.63) is 119 Å². The van der Waals surface area contributed by atoms with Crippen molar-refractivity contribution in [2.24, 2.45) is 0 Å². The van der Waals surface area contributed by atoms with Gasteiger partial charge in [0.25, 0.3) is 23.6 Å². The van der Waals surface area contributed by atoms with Crippen LogP contribution in [0.5, 0.6) is 23.0 Å². The molecule has 4 aliphatic heterocycles. The summed E-state index contributed by atoms with van der Waals surface area (Å²) >= 11 is 0. The van der Waals surface area contributed by atoms with Crippen LogP contribution in [0.4, 0.5) is 0 Å². The van der Waals surface area contributed by atoms with Gasteiger partial charge in [-0.3, -0.25) is 29.8 Å². The van der Waals surface area contributed by atoms with E-state index in [0.717, 1.165) is 71.7 Å². The molecule has 0 unspecified atom stereocenters. The molecular formula is C46H40N4O8. The number of carbonyl (C=O) groups excluding carboxylic acids is 4. The van der Waals surface area contributed by atoms with E-state index in [1.54, 1.807) is 64.8 Å². The number of para-hydroxylation sites is 2. The van der Waals surface area contributed by atoms with Gasteiger partial charge < -0.3 is 28.1 Å². The molecule has 2 aromatic heterocycles. The number of aryl methyl sites for hydroxylation is 4. The van der Waals surface area contributed by atoms with Crippen LogP contribution in [0.1, 0.15) is 46.2 Å². The van der Waals surface area contributed by atoms with Crippen LogP contribution in [-0.2, 0) is 45.1 Å². The van der Waals surface area contributed by atoms with E-state index < -0.39 is 23.6 Å². The number of benzene rings is 4. The molecule has 0 spiro atoms. The molecule has 0 bridgehead atoms. The van der Waals surface area contributed by atoms with Gasteiger partial charge in [0.15, 0.2) is 0 Å². The van der Waals surface area contributed by atoms with Gasteiger partial charge in [-0.2, -0.15) is 0 Å². The maximum Gasteiger partial charge on any atom is 0.259 e. The summed E-state index contributed by atoms with van der Waals surface area (Å²) in [5.74, 6) is 0.558. The van der Waals surface area contributed by atoms with Gasteiger partial charge in [0.1, 0.15) is 23.0 Å². The molecule has 292 valence electrons. The summed E-state index contributed by atoms with van der Waals surface area (Å²) in [6, 6.07) is 22.8. The van der Waals surface area contributed by atoms with Crippen LogP contribution in [0, 0.1) is 0 Å². The van der Waals surface area contributed by atoms with Crippen molar-refractivity contribution < 1.29 is 38.1 Å². The van der Waals surface area contributed by atoms with Crippen LogP contribution in [0.25, 0.3) is 44.1 Å². The van der Waals surface area contributed by atoms with Crippen molar-refractivity contribution in [1.82, 2.24) is 19.8 Å². The van der Waals surface area contributed by atoms with E-state index in [-0.39, 0.29) is 0 Å². The van der Waals surface area contributed by atoms with Gasteiger partial charge in [0.05, 0.1) is 61.8 Å². The number of nitrogens with zero attached hydrogens (tertiary/aromatic N) is 2. The molecule has 4 amide bonds. The smallest absolute Gasteiger partial charge is 0.259 e. The highest BCUT2D eigenvalue weighted by atomic mass is 16.5. The fourth-order valence-electron chi connectivity index (χ4n) is 8.87. The minimum Gasteiger partial charge on any atom is -0.497 e. The fourth-order valence-corrected chi connectivity index (χ4v) is 8.87. The number of aromatic nitrogens is 2. The van der Waals surface area contributed by atoms with Crippen molar-refractivity contribution in [3.63, 3.8) is 0 Å². The summed E-state index contributed by atoms with van der Waals surface area (Å²) < 4.78 is 26.0. The molecule has 6 aromatic rings. The van der Waals surface area contributed by atoms with E-state index >= 15 is 0 Å². The summed E-state index contributed by atoms with van der Waals surface area (Å²) in [5.41, 5.74) is 8.83. The number of nitrogens with one attached hydrogen (secondary N) is 2. The van der Waals surface area contributed by atoms with E-state index in [1.165, 1.54) is 11.1 Å². The lowest BCUT2D eigenvalue weighted by Gasteiger charge is -2.14. The molecule has 0 saturated carbocycles. The van der Waals surface area contributed by atoms with Crippen molar-refractivity contribution >= 4 is 67.7 Å². The van der Waals surface area contributed by atoms with Gasteiger partial charge in [-0.15, -0.1) is 0 Å². The predicted octanol–water partition coefficient (Wildman–Crippen LogP) is 6.34. The Morgan fingerprint density at radius 2 is 0.879 bits per heavy atom. The summed E-state index contributed by atoms with van der Waals surface area (Å²) in [6.07, 6.45) is 8.13. The van der Waals surface area contributed by atoms with Crippen molar-refractivity contribution in [2.45, 2.75) is 38.8 Å². The molecule has 4 aliphatic rings. The Labute approximate surface area is 333 Å². The first-order chi connectivity index (χ1) is 28.2. The number of hydrogen-bond acceptors (Lipinski definition) is 8. The zero-order chi connectivity index (χ0) is 40.2. The van der Waals surface area contributed by atoms with Gasteiger partial charge in [0.2, 0.25) is 0 Å². The highest BCUT2D eigenvalue weighted by Gasteiger charge is 2.37. The lowest BCUT2D eigenvalue weighted by atomic mass is 9.94. The van der Waals surface area contributed by atoms with Crippen LogP contribution >= 0.6 is 0 Å². The van der Waals surface area contributed by atoms with Gasteiger partial charge in [-0.25, -0.2) is 0 Å². The standard InChI is InChI=1S/2C23H20N2O4/c2*1-28-14-8-9-18(29-2)16(11-14)19-20(23(27)24-22(19)26)17-12-25-10-4-6-13-5-3-7-15(17)21(13)25/h2*3,5,7-9,11-12H,4,6,10H2,1-2H3,(H,24,26,27). The summed E-state index contributed by atoms with van der Waals surface area (Å²) in [6.45, 7) is 1.79. The number of methoxy groups -OCH3 is 4. The first kappa shape index (κ1) is 36.6. The third-order valence-corrected chi connectivity index (χ3v) is 11.4. The second kappa shape index (κ2) is 14.5. The second-order valence-corrected chi connectivity index (χ2v) is 14.5. The van der Waals surface area contributed by atoms with Crippen LogP contribution in [0.2, 0.25) is 0 Å². The Hall–Kier alpha value is -7.08. The highest BCUT2D eigenvalue weighted by Crippen LogP contribution is 2.43. The molecule has 4 aromatic carbocycles. The van der Waals surface area contributed by atoms with E-state index in [1.807, 2.05) is 36.7 Å². The normalized spacial score (nSPS) is 15.8. The van der Waals surface area contributed by atoms with Crippen LogP contribution < -0.4 is 29.6 Å². The molecule has 0 aliphatic carbocycles. The average molecular weight is 777 g/mol. The maximum absolute atomic E-state index is 12.9. The SMILES string of the molecule is COc1ccc(OC)c(C2=C(c3cn4c5c(cccc35)CCC4)C(=O)NC2=O)c1.COc1ccc(OC)c(C2=C(c3cn4c5c(cccc35)CCC4)C(=O)NC2=O)c1. The second-order valence-electron chi connectivity index (χ2n) is 14.5. The monoisotopic (exact) mass is 776 g/mol. The van der Waals surface area contributed by atoms with E-state index in [9.17, 15) is 19.2 Å². The Balaban J connectivity index is 0.000000150. The number of imide groups is 2. The summed E-state index contributed by atoms with van der Waals surface area (Å²) in [4.78, 5) is 51.5. The quantitative estimate of drug-likeness (QED) is 0.171. The van der Waals surface area contributed by atoms with Crippen molar-refractivity contribution in [3.8, 4) is 23.0 Å². The number of rotatable bonds is 8. The lowest BCUT2D eigenvalue weighted by Crippen LogP contribution is -2.22. The summed E-state index contributed by atoms with van der Waals surface area (Å²) in [7, 11) is 6.21. The Morgan fingerprint density at radius 3 is 1.26 bits per heavy atom. The largest absolute Gasteiger partial charge is 0.497 e. The lowest BCUT2D eigenvalue weighted by molar-refractivity contribution is -0.124. The number of hydrogen-bond donors (Lipinski definition) is 2. The summed E-state index contributed by atoms with van der Waals surface area (Å²) in [5, 5.41) is 6.91. The molecule has 0 atom stereocenters. The minimum atomic E-state index is -0.427. The fraction of sp³-hybridized carbons (Fsp3) is 0.217. The van der Waals surface area contributed by atoms with Gasteiger partial charge >= 0.3 is 0 Å². The molecule has 12 heteroatoms. The zero-order valence-corrected chi connectivity index (χ0v) is 32.5. The molecule has 0 radical (unpaired) electrons. The zero-order valence-electron chi connectivity index (χ0n) is 32.5. The Morgan fingerprint density at radius 1 is 0.483 bits per heavy atom. The predicted molar refractivity (Wildman–Crippen MR) is 220 cm³/mol. The van der Waals surface area contributed by atoms with Crippen LogP contribution in [0.3, 0.4) is 0 Å². The topological polar surface area (TPSA) is 139 Å². The molecule has 10 rings (SSSR count). The molecule has 6 heterocycles. The molecule has 2 N–H and O–H groups in total. The van der Waals surface area contributed by atoms with Gasteiger partial charge in [0, 0.05) is 58.5 Å². The van der Waals surface area contributed by atoms with E-state index in [0.29, 0.717) is 56.4 Å². The number of ether oxygens (including phenoxy) is 4. The first-order valence-corrected chi connectivity index (χ1v) is 19.1. The van der Waals surface area contributed by atoms with Crippen molar-refractivity contribution in [1.29, 1.82) is 0 Å². The van der Waals surface area contributed by atoms with Crippen LogP contribution in [-0.4, -0.2) is 61.2 Å². The van der Waals surface area contributed by atoms with Gasteiger partial charge in [-0.05, 0) is 73.2 Å². The minimum absolute atomic E-state index is 0.314. The molecule has 58 heavy (non-hydrogen) atoms. The molecule has 0 fully saturated rings. The number of amides is 4. The van der Waals surface area contributed by atoms with E-state index in [4.69, 9.17) is 18.9 Å². The Bertz CT molecular complexity index is 2630. The maximum atomic E-state index is 12.9. The van der Waals surface area contributed by atoms with Crippen LogP contribution in [0.15, 0.2) is 85.2 Å².